The van der Waals surface area contributed by atoms with Gasteiger partial charge in [-0.3, -0.25) is 14.6 Å². The van der Waals surface area contributed by atoms with Crippen molar-refractivity contribution in [1.29, 1.82) is 0 Å². The molecule has 2 aromatic rings. The number of aromatic nitrogens is 3. The predicted octanol–water partition coefficient (Wildman–Crippen LogP) is 1.60. The van der Waals surface area contributed by atoms with Gasteiger partial charge in [0.15, 0.2) is 0 Å². The third-order valence-corrected chi connectivity index (χ3v) is 4.93. The van der Waals surface area contributed by atoms with Gasteiger partial charge in [0.05, 0.1) is 0 Å². The lowest BCUT2D eigenvalue weighted by molar-refractivity contribution is 0.0698. The van der Waals surface area contributed by atoms with Crippen LogP contribution in [-0.4, -0.2) is 38.4 Å². The van der Waals surface area contributed by atoms with Crippen LogP contribution in [0.4, 0.5) is 0 Å². The zero-order valence-corrected chi connectivity index (χ0v) is 13.5. The summed E-state index contributed by atoms with van der Waals surface area (Å²) >= 11 is 0. The molecule has 0 bridgehead atoms. The van der Waals surface area contributed by atoms with Crippen molar-refractivity contribution in [2.75, 3.05) is 13.1 Å². The molecule has 0 aromatic carbocycles. The van der Waals surface area contributed by atoms with Crippen LogP contribution in [0.25, 0.3) is 0 Å². The number of rotatable bonds is 2. The molecule has 4 rings (SSSR count). The van der Waals surface area contributed by atoms with Crippen molar-refractivity contribution in [2.45, 2.75) is 38.1 Å². The maximum absolute atomic E-state index is 12.7. The van der Waals surface area contributed by atoms with E-state index in [9.17, 15) is 9.59 Å². The molecule has 2 aliphatic rings. The molecule has 24 heavy (non-hydrogen) atoms. The van der Waals surface area contributed by atoms with E-state index < -0.39 is 0 Å². The molecule has 0 spiro atoms. The number of fused-ring (bicyclic) bond motifs is 1. The van der Waals surface area contributed by atoms with Crippen LogP contribution in [0.15, 0.2) is 35.3 Å². The summed E-state index contributed by atoms with van der Waals surface area (Å²) in [6, 6.07) is 7.05. The van der Waals surface area contributed by atoms with Crippen molar-refractivity contribution in [3.8, 4) is 0 Å². The molecule has 0 saturated carbocycles. The van der Waals surface area contributed by atoms with Gasteiger partial charge in [-0.25, -0.2) is 0 Å². The molecule has 6 nitrogen and oxygen atoms in total. The first-order valence-electron chi connectivity index (χ1n) is 8.53. The van der Waals surface area contributed by atoms with Crippen molar-refractivity contribution in [3.63, 3.8) is 0 Å². The van der Waals surface area contributed by atoms with Gasteiger partial charge in [0.1, 0.15) is 11.5 Å². The Morgan fingerprint density at radius 1 is 1.21 bits per heavy atom. The minimum absolute atomic E-state index is 0.0293. The average Bonchev–Trinajstić information content (AvgIpc) is 3.09. The molecule has 0 aliphatic carbocycles. The molecule has 2 aliphatic heterocycles. The number of amides is 1. The third kappa shape index (κ3) is 2.72. The second-order valence-electron chi connectivity index (χ2n) is 6.50. The normalized spacial score (nSPS) is 20.0. The van der Waals surface area contributed by atoms with Crippen LogP contribution >= 0.6 is 0 Å². The van der Waals surface area contributed by atoms with Crippen LogP contribution in [0.1, 0.15) is 47.2 Å². The molecule has 1 saturated heterocycles. The summed E-state index contributed by atoms with van der Waals surface area (Å²) in [4.78, 5) is 34.7. The van der Waals surface area contributed by atoms with Crippen LogP contribution in [0.2, 0.25) is 0 Å². The van der Waals surface area contributed by atoms with E-state index in [1.807, 2.05) is 17.0 Å². The van der Waals surface area contributed by atoms with E-state index in [1.54, 1.807) is 18.3 Å². The van der Waals surface area contributed by atoms with Gasteiger partial charge in [0.25, 0.3) is 11.5 Å². The van der Waals surface area contributed by atoms with Gasteiger partial charge >= 0.3 is 0 Å². The summed E-state index contributed by atoms with van der Waals surface area (Å²) in [5.74, 6) is 1.06. The molecule has 0 radical (unpaired) electrons. The van der Waals surface area contributed by atoms with E-state index in [0.29, 0.717) is 12.2 Å². The maximum atomic E-state index is 12.7. The van der Waals surface area contributed by atoms with Crippen LogP contribution in [0.3, 0.4) is 0 Å². The minimum Gasteiger partial charge on any atom is -0.337 e. The molecule has 1 fully saturated rings. The molecular weight excluding hydrogens is 304 g/mol. The number of carbonyl (C=O) groups is 1. The number of piperidine rings is 1. The van der Waals surface area contributed by atoms with Gasteiger partial charge < -0.3 is 9.47 Å². The fourth-order valence-electron chi connectivity index (χ4n) is 3.81. The van der Waals surface area contributed by atoms with Crippen LogP contribution in [-0.2, 0) is 13.0 Å². The number of likely N-dealkylation sites (tertiary alicyclic amines) is 1. The van der Waals surface area contributed by atoms with Crippen molar-refractivity contribution >= 4 is 5.91 Å². The van der Waals surface area contributed by atoms with Crippen LogP contribution in [0.5, 0.6) is 0 Å². The molecule has 124 valence electrons. The monoisotopic (exact) mass is 324 g/mol. The first kappa shape index (κ1) is 15.1. The summed E-state index contributed by atoms with van der Waals surface area (Å²) in [7, 11) is 0. The Balaban J connectivity index is 1.60. The second kappa shape index (κ2) is 6.19. The SMILES string of the molecule is O=C(c1ccccn1)N1CCC[C@@H](c2cc(=O)nc3n2CCC3)C1. The Bertz CT molecular complexity index is 816. The van der Waals surface area contributed by atoms with Crippen molar-refractivity contribution in [3.05, 3.63) is 58.0 Å². The lowest BCUT2D eigenvalue weighted by Gasteiger charge is -2.33. The Hall–Kier alpha value is -2.50. The molecule has 2 aromatic heterocycles. The second-order valence-corrected chi connectivity index (χ2v) is 6.50. The summed E-state index contributed by atoms with van der Waals surface area (Å²) in [5, 5.41) is 0. The van der Waals surface area contributed by atoms with E-state index >= 15 is 0 Å². The Morgan fingerprint density at radius 2 is 2.12 bits per heavy atom. The lowest BCUT2D eigenvalue weighted by atomic mass is 9.94. The maximum Gasteiger partial charge on any atom is 0.273 e. The van der Waals surface area contributed by atoms with Crippen molar-refractivity contribution in [1.82, 2.24) is 19.4 Å². The van der Waals surface area contributed by atoms with Gasteiger partial charge in [-0.1, -0.05) is 6.07 Å². The van der Waals surface area contributed by atoms with Crippen LogP contribution in [0, 0.1) is 0 Å². The number of carbonyl (C=O) groups excluding carboxylic acids is 1. The number of hydrogen-bond donors (Lipinski definition) is 0. The highest BCUT2D eigenvalue weighted by Crippen LogP contribution is 2.29. The van der Waals surface area contributed by atoms with E-state index in [2.05, 4.69) is 14.5 Å². The Kier molecular flexibility index (Phi) is 3.88. The fourth-order valence-corrected chi connectivity index (χ4v) is 3.81. The van der Waals surface area contributed by atoms with Gasteiger partial charge in [0.2, 0.25) is 0 Å². The summed E-state index contributed by atoms with van der Waals surface area (Å²) in [6.45, 7) is 2.30. The fraction of sp³-hybridized carbons (Fsp3) is 0.444. The summed E-state index contributed by atoms with van der Waals surface area (Å²) in [5.41, 5.74) is 1.36. The smallest absolute Gasteiger partial charge is 0.273 e. The first-order chi connectivity index (χ1) is 11.7. The van der Waals surface area contributed by atoms with Crippen molar-refractivity contribution < 1.29 is 4.79 Å². The lowest BCUT2D eigenvalue weighted by Crippen LogP contribution is -2.40. The molecule has 0 N–H and O–H groups in total. The quantitative estimate of drug-likeness (QED) is 0.841. The number of hydrogen-bond acceptors (Lipinski definition) is 4. The topological polar surface area (TPSA) is 68.1 Å². The summed E-state index contributed by atoms with van der Waals surface area (Å²) < 4.78 is 2.18. The molecule has 0 unspecified atom stereocenters. The predicted molar refractivity (Wildman–Crippen MR) is 88.9 cm³/mol. The van der Waals surface area contributed by atoms with Crippen LogP contribution < -0.4 is 5.56 Å². The molecular formula is C18H20N4O2. The molecule has 1 amide bonds. The molecule has 1 atom stereocenters. The number of pyridine rings is 1. The van der Waals surface area contributed by atoms with E-state index in [4.69, 9.17) is 0 Å². The zero-order valence-electron chi connectivity index (χ0n) is 13.5. The highest BCUT2D eigenvalue weighted by molar-refractivity contribution is 5.92. The van der Waals surface area contributed by atoms with Gasteiger partial charge in [-0.15, -0.1) is 0 Å². The van der Waals surface area contributed by atoms with Gasteiger partial charge in [0, 0.05) is 49.9 Å². The highest BCUT2D eigenvalue weighted by atomic mass is 16.2. The number of aryl methyl sites for hydroxylation is 1. The van der Waals surface area contributed by atoms with Gasteiger partial charge in [-0.05, 0) is 31.4 Å². The first-order valence-corrected chi connectivity index (χ1v) is 8.53. The average molecular weight is 324 g/mol. The van der Waals surface area contributed by atoms with Gasteiger partial charge in [-0.2, -0.15) is 4.98 Å². The highest BCUT2D eigenvalue weighted by Gasteiger charge is 2.29. The van der Waals surface area contributed by atoms with E-state index in [1.165, 1.54) is 0 Å². The largest absolute Gasteiger partial charge is 0.337 e. The Labute approximate surface area is 140 Å². The van der Waals surface area contributed by atoms with E-state index in [0.717, 1.165) is 50.3 Å². The summed E-state index contributed by atoms with van der Waals surface area (Å²) in [6.07, 6.45) is 5.48. The Morgan fingerprint density at radius 3 is 2.96 bits per heavy atom. The molecule has 6 heteroatoms. The molecule has 4 heterocycles. The van der Waals surface area contributed by atoms with Crippen molar-refractivity contribution in [2.24, 2.45) is 0 Å². The standard InChI is InChI=1S/C18H20N4O2/c23-17-11-15(22-10-4-7-16(22)20-17)13-5-3-9-21(12-13)18(24)14-6-1-2-8-19-14/h1-2,6,8,11,13H,3-5,7,9-10,12H2/t13-/m1/s1. The number of nitrogens with zero attached hydrogens (tertiary/aromatic N) is 4. The zero-order chi connectivity index (χ0) is 16.5. The minimum atomic E-state index is -0.161. The van der Waals surface area contributed by atoms with E-state index in [-0.39, 0.29) is 17.4 Å². The third-order valence-electron chi connectivity index (χ3n) is 4.93.